The molecule has 1 saturated heterocycles. The molecule has 0 radical (unpaired) electrons. The lowest BCUT2D eigenvalue weighted by atomic mass is 10.2. The number of ether oxygens (including phenoxy) is 3. The molecule has 0 saturated carbocycles. The molecule has 2 aromatic heterocycles. The third-order valence-corrected chi connectivity index (χ3v) is 4.89. The summed E-state index contributed by atoms with van der Waals surface area (Å²) in [5, 5.41) is 1.22. The summed E-state index contributed by atoms with van der Waals surface area (Å²) in [5.74, 6) is 0.658. The first-order valence-corrected chi connectivity index (χ1v) is 9.96. The molecule has 4 rings (SSSR count). The number of allylic oxidation sites excluding steroid dienone is 1. The molecule has 3 heterocycles. The van der Waals surface area contributed by atoms with Crippen LogP contribution in [-0.2, 0) is 22.6 Å². The molecule has 6 nitrogen and oxygen atoms in total. The predicted octanol–water partition coefficient (Wildman–Crippen LogP) is 4.27. The van der Waals surface area contributed by atoms with Crippen LogP contribution in [0.15, 0.2) is 70.2 Å². The van der Waals surface area contributed by atoms with Crippen molar-refractivity contribution < 1.29 is 18.6 Å². The molecule has 1 aliphatic heterocycles. The Morgan fingerprint density at radius 1 is 1.17 bits per heavy atom. The summed E-state index contributed by atoms with van der Waals surface area (Å²) in [6, 6.07) is 11.8. The number of aromatic nitrogens is 1. The second-order valence-electron chi connectivity index (χ2n) is 6.99. The molecule has 0 amide bonds. The molecule has 0 spiro atoms. The molecule has 1 aromatic carbocycles. The Morgan fingerprint density at radius 2 is 2.10 bits per heavy atom. The highest BCUT2D eigenvalue weighted by Gasteiger charge is 2.15. The van der Waals surface area contributed by atoms with E-state index in [1.54, 1.807) is 0 Å². The summed E-state index contributed by atoms with van der Waals surface area (Å²) in [5.41, 5.74) is 0.972. The van der Waals surface area contributed by atoms with Crippen molar-refractivity contribution in [2.45, 2.75) is 38.7 Å². The van der Waals surface area contributed by atoms with E-state index < -0.39 is 0 Å². The van der Waals surface area contributed by atoms with Crippen LogP contribution in [0.1, 0.15) is 25.0 Å². The summed E-state index contributed by atoms with van der Waals surface area (Å²) >= 11 is 0. The van der Waals surface area contributed by atoms with Crippen LogP contribution in [0.2, 0.25) is 0 Å². The maximum absolute atomic E-state index is 12.2. The van der Waals surface area contributed by atoms with E-state index in [0.717, 1.165) is 32.4 Å². The topological polar surface area (TPSA) is 62.8 Å². The smallest absolute Gasteiger partial charge is 0.227 e. The lowest BCUT2D eigenvalue weighted by molar-refractivity contribution is -0.171. The van der Waals surface area contributed by atoms with Crippen molar-refractivity contribution in [2.75, 3.05) is 13.2 Å². The predicted molar refractivity (Wildman–Crippen MR) is 110 cm³/mol. The average Bonchev–Trinajstić information content (AvgIpc) is 3.17. The van der Waals surface area contributed by atoms with Crippen LogP contribution in [0.4, 0.5) is 0 Å². The third kappa shape index (κ3) is 5.16. The molecule has 3 aromatic rings. The van der Waals surface area contributed by atoms with E-state index in [-0.39, 0.29) is 24.1 Å². The standard InChI is InChI=1S/C23H25NO5/c25-21-15-19(16-29-23-9-3-5-14-27-23)28-17-22(21)26-13-6-4-11-24-12-10-18-7-1-2-8-20(18)24/h1-2,4,6-8,10,12,15,17,23H,3,5,9,11,13-14,16H2. The lowest BCUT2D eigenvalue weighted by Gasteiger charge is -2.22. The Labute approximate surface area is 169 Å². The largest absolute Gasteiger partial charge is 0.482 e. The molecular formula is C23H25NO5. The Hall–Kier alpha value is -2.83. The minimum Gasteiger partial charge on any atom is -0.482 e. The molecule has 6 heteroatoms. The van der Waals surface area contributed by atoms with E-state index in [0.29, 0.717) is 12.4 Å². The van der Waals surface area contributed by atoms with Gasteiger partial charge >= 0.3 is 0 Å². The summed E-state index contributed by atoms with van der Waals surface area (Å²) < 4.78 is 24.3. The van der Waals surface area contributed by atoms with Gasteiger partial charge in [0, 0.05) is 30.9 Å². The van der Waals surface area contributed by atoms with Crippen molar-refractivity contribution in [2.24, 2.45) is 0 Å². The molecule has 1 fully saturated rings. The van der Waals surface area contributed by atoms with Crippen LogP contribution < -0.4 is 10.2 Å². The number of benzene rings is 1. The van der Waals surface area contributed by atoms with E-state index in [4.69, 9.17) is 18.6 Å². The van der Waals surface area contributed by atoms with Crippen molar-refractivity contribution in [3.8, 4) is 5.75 Å². The zero-order valence-electron chi connectivity index (χ0n) is 16.3. The summed E-state index contributed by atoms with van der Waals surface area (Å²) in [4.78, 5) is 12.2. The Kier molecular flexibility index (Phi) is 6.44. The fraction of sp³-hybridized carbons (Fsp3) is 0.348. The van der Waals surface area contributed by atoms with Gasteiger partial charge in [0.1, 0.15) is 25.2 Å². The third-order valence-electron chi connectivity index (χ3n) is 4.89. The second-order valence-corrected chi connectivity index (χ2v) is 6.99. The van der Waals surface area contributed by atoms with Crippen LogP contribution >= 0.6 is 0 Å². The molecule has 29 heavy (non-hydrogen) atoms. The van der Waals surface area contributed by atoms with E-state index in [2.05, 4.69) is 29.0 Å². The average molecular weight is 395 g/mol. The summed E-state index contributed by atoms with van der Waals surface area (Å²) in [7, 11) is 0. The van der Waals surface area contributed by atoms with Gasteiger partial charge in [-0.3, -0.25) is 4.79 Å². The van der Waals surface area contributed by atoms with Gasteiger partial charge in [-0.25, -0.2) is 0 Å². The normalized spacial score (nSPS) is 17.2. The fourth-order valence-electron chi connectivity index (χ4n) is 3.33. The second kappa shape index (κ2) is 9.58. The van der Waals surface area contributed by atoms with Gasteiger partial charge in [-0.15, -0.1) is 0 Å². The van der Waals surface area contributed by atoms with Crippen LogP contribution in [0.3, 0.4) is 0 Å². The zero-order chi connectivity index (χ0) is 19.9. The highest BCUT2D eigenvalue weighted by Crippen LogP contribution is 2.16. The van der Waals surface area contributed by atoms with Crippen LogP contribution in [0, 0.1) is 0 Å². The van der Waals surface area contributed by atoms with Crippen LogP contribution in [-0.4, -0.2) is 24.1 Å². The number of hydrogen-bond donors (Lipinski definition) is 0. The quantitative estimate of drug-likeness (QED) is 0.533. The monoisotopic (exact) mass is 395 g/mol. The van der Waals surface area contributed by atoms with Gasteiger partial charge < -0.3 is 23.2 Å². The fourth-order valence-corrected chi connectivity index (χ4v) is 3.33. The van der Waals surface area contributed by atoms with Crippen LogP contribution in [0.25, 0.3) is 10.9 Å². The van der Waals surface area contributed by atoms with E-state index in [1.807, 2.05) is 24.3 Å². The molecule has 1 unspecified atom stereocenters. The molecule has 1 atom stereocenters. The van der Waals surface area contributed by atoms with Crippen molar-refractivity contribution in [1.82, 2.24) is 4.57 Å². The van der Waals surface area contributed by atoms with Crippen molar-refractivity contribution in [3.05, 3.63) is 77.0 Å². The van der Waals surface area contributed by atoms with E-state index in [1.165, 1.54) is 23.2 Å². The molecule has 1 aliphatic rings. The summed E-state index contributed by atoms with van der Waals surface area (Å²) in [6.45, 7) is 1.97. The van der Waals surface area contributed by atoms with Gasteiger partial charge in [-0.1, -0.05) is 24.3 Å². The van der Waals surface area contributed by atoms with Gasteiger partial charge in [-0.05, 0) is 42.9 Å². The Bertz CT molecular complexity index is 1010. The minimum atomic E-state index is -0.218. The first-order chi connectivity index (χ1) is 14.3. The number of nitrogens with zero attached hydrogens (tertiary/aromatic N) is 1. The molecule has 0 aliphatic carbocycles. The number of para-hydroxylation sites is 1. The summed E-state index contributed by atoms with van der Waals surface area (Å²) in [6.07, 6.45) is 10.1. The minimum absolute atomic E-state index is 0.193. The van der Waals surface area contributed by atoms with Crippen molar-refractivity contribution in [3.63, 3.8) is 0 Å². The highest BCUT2D eigenvalue weighted by molar-refractivity contribution is 5.79. The first kappa shape index (κ1) is 19.5. The van der Waals surface area contributed by atoms with Gasteiger partial charge in [0.15, 0.2) is 6.29 Å². The van der Waals surface area contributed by atoms with Crippen molar-refractivity contribution >= 4 is 10.9 Å². The van der Waals surface area contributed by atoms with E-state index in [9.17, 15) is 4.79 Å². The number of hydrogen-bond acceptors (Lipinski definition) is 5. The van der Waals surface area contributed by atoms with Gasteiger partial charge in [0.2, 0.25) is 11.2 Å². The van der Waals surface area contributed by atoms with Gasteiger partial charge in [0.05, 0.1) is 0 Å². The first-order valence-electron chi connectivity index (χ1n) is 9.96. The zero-order valence-corrected chi connectivity index (χ0v) is 16.3. The molecular weight excluding hydrogens is 370 g/mol. The van der Waals surface area contributed by atoms with Gasteiger partial charge in [0.25, 0.3) is 0 Å². The van der Waals surface area contributed by atoms with Crippen molar-refractivity contribution in [1.29, 1.82) is 0 Å². The number of fused-ring (bicyclic) bond motifs is 1. The van der Waals surface area contributed by atoms with Gasteiger partial charge in [-0.2, -0.15) is 0 Å². The maximum atomic E-state index is 12.2. The molecule has 0 N–H and O–H groups in total. The van der Waals surface area contributed by atoms with Crippen LogP contribution in [0.5, 0.6) is 5.75 Å². The lowest BCUT2D eigenvalue weighted by Crippen LogP contribution is -2.22. The SMILES string of the molecule is O=c1cc(COC2CCCCO2)occ1OCC=CCn1ccc2ccccc21. The Morgan fingerprint density at radius 3 is 2.97 bits per heavy atom. The molecule has 0 bridgehead atoms. The molecule has 152 valence electrons. The van der Waals surface area contributed by atoms with E-state index >= 15 is 0 Å². The maximum Gasteiger partial charge on any atom is 0.227 e. The number of rotatable bonds is 8. The Balaban J connectivity index is 1.25. The highest BCUT2D eigenvalue weighted by atomic mass is 16.7.